The number of ether oxygens (including phenoxy) is 2. The Morgan fingerprint density at radius 3 is 2.57 bits per heavy atom. The molecule has 1 aliphatic heterocycles. The largest absolute Gasteiger partial charge is 0.490 e. The molecule has 0 saturated carbocycles. The number of rotatable bonds is 9. The number of thiazole rings is 1. The van der Waals surface area contributed by atoms with Gasteiger partial charge in [-0.15, -0.1) is 23.1 Å². The van der Waals surface area contributed by atoms with Gasteiger partial charge in [0, 0.05) is 46.3 Å². The van der Waals surface area contributed by atoms with Gasteiger partial charge < -0.3 is 14.8 Å². The number of anilines is 2. The number of nitrogens with one attached hydrogen (secondary N) is 1. The smallest absolute Gasteiger partial charge is 0.163 e. The SMILES string of the molecule is CCOc1cc2nc(CN3CCSC3)nc(Nc3cccc(-c4csc(C)n4)c3)c2cc1OCC. The molecule has 35 heavy (non-hydrogen) atoms. The van der Waals surface area contributed by atoms with Gasteiger partial charge in [0.05, 0.1) is 36.0 Å². The van der Waals surface area contributed by atoms with E-state index < -0.39 is 0 Å². The van der Waals surface area contributed by atoms with E-state index in [0.29, 0.717) is 31.3 Å². The molecule has 182 valence electrons. The number of nitrogens with zero attached hydrogens (tertiary/aromatic N) is 4. The van der Waals surface area contributed by atoms with E-state index in [0.717, 1.165) is 62.7 Å². The first-order valence-electron chi connectivity index (χ1n) is 11.8. The van der Waals surface area contributed by atoms with Crippen molar-refractivity contribution in [1.82, 2.24) is 19.9 Å². The predicted octanol–water partition coefficient (Wildman–Crippen LogP) is 6.11. The third kappa shape index (κ3) is 5.52. The number of hydrogen-bond donors (Lipinski definition) is 1. The normalized spacial score (nSPS) is 13.9. The third-order valence-corrected chi connectivity index (χ3v) is 7.43. The van der Waals surface area contributed by atoms with Crippen LogP contribution in [-0.4, -0.2) is 51.2 Å². The van der Waals surface area contributed by atoms with Crippen molar-refractivity contribution in [3.63, 3.8) is 0 Å². The van der Waals surface area contributed by atoms with Crippen molar-refractivity contribution >= 4 is 45.5 Å². The van der Waals surface area contributed by atoms with Gasteiger partial charge in [-0.2, -0.15) is 0 Å². The minimum atomic E-state index is 0.551. The first kappa shape index (κ1) is 23.8. The van der Waals surface area contributed by atoms with Gasteiger partial charge in [0.2, 0.25) is 0 Å². The molecule has 0 aliphatic carbocycles. The Hall–Kier alpha value is -2.88. The summed E-state index contributed by atoms with van der Waals surface area (Å²) in [5.74, 6) is 5.10. The average Bonchev–Trinajstić information content (AvgIpc) is 3.52. The van der Waals surface area contributed by atoms with Gasteiger partial charge in [-0.05, 0) is 39.0 Å². The Labute approximate surface area is 213 Å². The summed E-state index contributed by atoms with van der Waals surface area (Å²) in [6.07, 6.45) is 0. The molecule has 1 fully saturated rings. The Bertz CT molecular complexity index is 1320. The maximum atomic E-state index is 5.89. The van der Waals surface area contributed by atoms with E-state index in [1.807, 2.05) is 56.8 Å². The zero-order valence-electron chi connectivity index (χ0n) is 20.2. The molecule has 0 radical (unpaired) electrons. The summed E-state index contributed by atoms with van der Waals surface area (Å²) in [4.78, 5) is 16.9. The fraction of sp³-hybridized carbons (Fsp3) is 0.346. The second-order valence-corrected chi connectivity index (χ2v) is 10.4. The molecule has 1 N–H and O–H groups in total. The molecule has 4 aromatic rings. The Balaban J connectivity index is 1.56. The van der Waals surface area contributed by atoms with Crippen LogP contribution in [0.25, 0.3) is 22.2 Å². The highest BCUT2D eigenvalue weighted by Gasteiger charge is 2.18. The summed E-state index contributed by atoms with van der Waals surface area (Å²) in [5, 5.41) is 7.59. The van der Waals surface area contributed by atoms with Gasteiger partial charge in [-0.1, -0.05) is 12.1 Å². The number of fused-ring (bicyclic) bond motifs is 1. The van der Waals surface area contributed by atoms with Gasteiger partial charge in [0.25, 0.3) is 0 Å². The number of hydrogen-bond acceptors (Lipinski definition) is 9. The standard InChI is InChI=1S/C26H29N5O2S2/c1-4-32-23-12-20-21(13-24(23)33-5-2)29-25(14-31-9-10-34-16-31)30-26(20)28-19-8-6-7-18(11-19)22-15-35-17(3)27-22/h6-8,11-13,15H,4-5,9-10,14,16H2,1-3H3,(H,28,29,30). The topological polar surface area (TPSA) is 72.4 Å². The third-order valence-electron chi connectivity index (χ3n) is 5.64. The fourth-order valence-corrected chi connectivity index (χ4v) is 5.67. The maximum Gasteiger partial charge on any atom is 0.163 e. The van der Waals surface area contributed by atoms with E-state index in [2.05, 4.69) is 32.7 Å². The molecule has 0 spiro atoms. The predicted molar refractivity (Wildman–Crippen MR) is 145 cm³/mol. The van der Waals surface area contributed by atoms with Gasteiger partial charge in [-0.25, -0.2) is 15.0 Å². The van der Waals surface area contributed by atoms with Crippen molar-refractivity contribution in [2.75, 3.05) is 36.7 Å². The molecule has 0 atom stereocenters. The molecular formula is C26H29N5O2S2. The lowest BCUT2D eigenvalue weighted by Gasteiger charge is -2.17. The van der Waals surface area contributed by atoms with Crippen LogP contribution in [0.4, 0.5) is 11.5 Å². The van der Waals surface area contributed by atoms with E-state index in [9.17, 15) is 0 Å². The molecule has 1 saturated heterocycles. The highest BCUT2D eigenvalue weighted by molar-refractivity contribution is 7.99. The lowest BCUT2D eigenvalue weighted by atomic mass is 10.1. The summed E-state index contributed by atoms with van der Waals surface area (Å²) >= 11 is 3.60. The van der Waals surface area contributed by atoms with Crippen LogP contribution in [0, 0.1) is 6.92 Å². The molecule has 0 bridgehead atoms. The first-order chi connectivity index (χ1) is 17.1. The highest BCUT2D eigenvalue weighted by Crippen LogP contribution is 2.36. The molecule has 1 aliphatic rings. The van der Waals surface area contributed by atoms with E-state index in [1.165, 1.54) is 0 Å². The lowest BCUT2D eigenvalue weighted by Crippen LogP contribution is -2.20. The van der Waals surface area contributed by atoms with Crippen LogP contribution < -0.4 is 14.8 Å². The van der Waals surface area contributed by atoms with Crippen LogP contribution in [-0.2, 0) is 6.54 Å². The fourth-order valence-electron chi connectivity index (χ4n) is 4.05. The van der Waals surface area contributed by atoms with Crippen LogP contribution in [0.3, 0.4) is 0 Å². The molecule has 7 nitrogen and oxygen atoms in total. The molecular weight excluding hydrogens is 478 g/mol. The molecule has 2 aromatic carbocycles. The summed E-state index contributed by atoms with van der Waals surface area (Å²) in [6.45, 7) is 8.84. The Morgan fingerprint density at radius 2 is 1.86 bits per heavy atom. The van der Waals surface area contributed by atoms with Crippen molar-refractivity contribution < 1.29 is 9.47 Å². The van der Waals surface area contributed by atoms with Crippen LogP contribution in [0.1, 0.15) is 24.7 Å². The van der Waals surface area contributed by atoms with E-state index in [1.54, 1.807) is 11.3 Å². The summed E-state index contributed by atoms with van der Waals surface area (Å²) in [7, 11) is 0. The van der Waals surface area contributed by atoms with E-state index in [-0.39, 0.29) is 0 Å². The molecule has 0 unspecified atom stereocenters. The van der Waals surface area contributed by atoms with Crippen LogP contribution in [0.5, 0.6) is 11.5 Å². The lowest BCUT2D eigenvalue weighted by molar-refractivity contribution is 0.288. The number of benzene rings is 2. The summed E-state index contributed by atoms with van der Waals surface area (Å²) < 4.78 is 11.8. The molecule has 5 rings (SSSR count). The Morgan fingerprint density at radius 1 is 1.03 bits per heavy atom. The van der Waals surface area contributed by atoms with Crippen molar-refractivity contribution in [1.29, 1.82) is 0 Å². The van der Waals surface area contributed by atoms with Crippen molar-refractivity contribution in [3.8, 4) is 22.8 Å². The summed E-state index contributed by atoms with van der Waals surface area (Å²) in [6, 6.07) is 12.2. The maximum absolute atomic E-state index is 5.89. The van der Waals surface area contributed by atoms with Gasteiger partial charge >= 0.3 is 0 Å². The number of aryl methyl sites for hydroxylation is 1. The minimum absolute atomic E-state index is 0.551. The van der Waals surface area contributed by atoms with Crippen molar-refractivity contribution in [2.24, 2.45) is 0 Å². The minimum Gasteiger partial charge on any atom is -0.490 e. The van der Waals surface area contributed by atoms with E-state index >= 15 is 0 Å². The van der Waals surface area contributed by atoms with Crippen molar-refractivity contribution in [3.05, 3.63) is 52.6 Å². The van der Waals surface area contributed by atoms with Gasteiger partial charge in [0.1, 0.15) is 11.6 Å². The number of thioether (sulfide) groups is 1. The quantitative estimate of drug-likeness (QED) is 0.291. The van der Waals surface area contributed by atoms with Gasteiger partial charge in [0.15, 0.2) is 11.5 Å². The monoisotopic (exact) mass is 507 g/mol. The first-order valence-corrected chi connectivity index (χ1v) is 13.9. The molecule has 9 heteroatoms. The van der Waals surface area contributed by atoms with Crippen LogP contribution in [0.2, 0.25) is 0 Å². The van der Waals surface area contributed by atoms with Gasteiger partial charge in [-0.3, -0.25) is 4.90 Å². The van der Waals surface area contributed by atoms with Crippen molar-refractivity contribution in [2.45, 2.75) is 27.3 Å². The Kier molecular flexibility index (Phi) is 7.36. The van der Waals surface area contributed by atoms with E-state index in [4.69, 9.17) is 19.4 Å². The second-order valence-electron chi connectivity index (χ2n) is 8.22. The highest BCUT2D eigenvalue weighted by atomic mass is 32.2. The average molecular weight is 508 g/mol. The second kappa shape index (κ2) is 10.8. The molecule has 0 amide bonds. The zero-order valence-corrected chi connectivity index (χ0v) is 21.8. The molecule has 3 heterocycles. The zero-order chi connectivity index (χ0) is 24.2. The van der Waals surface area contributed by atoms with Crippen LogP contribution in [0.15, 0.2) is 41.8 Å². The van der Waals surface area contributed by atoms with Crippen LogP contribution >= 0.6 is 23.1 Å². The molecule has 2 aromatic heterocycles. The number of aromatic nitrogens is 3. The summed E-state index contributed by atoms with van der Waals surface area (Å²) in [5.41, 5.74) is 3.83.